The number of fused-ring (bicyclic) bond motifs is 1. The van der Waals surface area contributed by atoms with Crippen LogP contribution >= 0.6 is 22.9 Å². The average molecular weight is 388 g/mol. The van der Waals surface area contributed by atoms with Gasteiger partial charge < -0.3 is 10.0 Å². The predicted molar refractivity (Wildman–Crippen MR) is 110 cm³/mol. The SMILES string of the molecule is Cc1cc(O)cc(CN2CCN(c3nc4ccc(Cl)cc4s3)C(C)C2)c1. The molecule has 136 valence electrons. The van der Waals surface area contributed by atoms with E-state index in [1.165, 1.54) is 0 Å². The number of benzene rings is 2. The fraction of sp³-hybridized carbons (Fsp3) is 0.350. The van der Waals surface area contributed by atoms with Crippen molar-refractivity contribution in [3.05, 3.63) is 52.5 Å². The van der Waals surface area contributed by atoms with Crippen molar-refractivity contribution in [3.63, 3.8) is 0 Å². The van der Waals surface area contributed by atoms with Gasteiger partial charge in [-0.15, -0.1) is 0 Å². The van der Waals surface area contributed by atoms with Gasteiger partial charge in [0.15, 0.2) is 5.13 Å². The summed E-state index contributed by atoms with van der Waals surface area (Å²) in [5.74, 6) is 0.347. The van der Waals surface area contributed by atoms with Crippen molar-refractivity contribution in [3.8, 4) is 5.75 Å². The maximum atomic E-state index is 9.81. The van der Waals surface area contributed by atoms with Crippen LogP contribution in [0.4, 0.5) is 5.13 Å². The van der Waals surface area contributed by atoms with E-state index < -0.39 is 0 Å². The average Bonchev–Trinajstić information content (AvgIpc) is 2.96. The van der Waals surface area contributed by atoms with E-state index in [4.69, 9.17) is 16.6 Å². The molecule has 0 radical (unpaired) electrons. The number of halogens is 1. The van der Waals surface area contributed by atoms with Crippen LogP contribution in [0.1, 0.15) is 18.1 Å². The van der Waals surface area contributed by atoms with Crippen LogP contribution in [0.15, 0.2) is 36.4 Å². The van der Waals surface area contributed by atoms with Gasteiger partial charge in [-0.1, -0.05) is 29.0 Å². The minimum Gasteiger partial charge on any atom is -0.508 e. The van der Waals surface area contributed by atoms with E-state index in [-0.39, 0.29) is 0 Å². The molecule has 6 heteroatoms. The third kappa shape index (κ3) is 3.65. The monoisotopic (exact) mass is 387 g/mol. The smallest absolute Gasteiger partial charge is 0.186 e. The summed E-state index contributed by atoms with van der Waals surface area (Å²) in [7, 11) is 0. The number of nitrogens with zero attached hydrogens (tertiary/aromatic N) is 3. The van der Waals surface area contributed by atoms with Crippen LogP contribution in [0.25, 0.3) is 10.2 Å². The van der Waals surface area contributed by atoms with Crippen LogP contribution in [-0.2, 0) is 6.54 Å². The largest absolute Gasteiger partial charge is 0.508 e. The Morgan fingerprint density at radius 1 is 1.23 bits per heavy atom. The molecule has 1 atom stereocenters. The van der Waals surface area contributed by atoms with Crippen molar-refractivity contribution in [2.24, 2.45) is 0 Å². The molecule has 1 unspecified atom stereocenters. The summed E-state index contributed by atoms with van der Waals surface area (Å²) in [5.41, 5.74) is 3.27. The van der Waals surface area contributed by atoms with Gasteiger partial charge in [-0.3, -0.25) is 4.90 Å². The molecule has 1 aromatic heterocycles. The van der Waals surface area contributed by atoms with E-state index >= 15 is 0 Å². The Morgan fingerprint density at radius 2 is 2.08 bits per heavy atom. The second kappa shape index (κ2) is 7.06. The van der Waals surface area contributed by atoms with Gasteiger partial charge in [0.2, 0.25) is 0 Å². The number of anilines is 1. The number of aromatic hydroxyl groups is 1. The Morgan fingerprint density at radius 3 is 2.85 bits per heavy atom. The zero-order valence-corrected chi connectivity index (χ0v) is 16.5. The number of phenolic OH excluding ortho intramolecular Hbond substituents is 1. The lowest BCUT2D eigenvalue weighted by atomic mass is 10.1. The van der Waals surface area contributed by atoms with E-state index in [2.05, 4.69) is 22.8 Å². The quantitative estimate of drug-likeness (QED) is 0.708. The number of thiazole rings is 1. The lowest BCUT2D eigenvalue weighted by Gasteiger charge is -2.39. The molecule has 1 aliphatic rings. The van der Waals surface area contributed by atoms with Crippen LogP contribution in [0, 0.1) is 6.92 Å². The van der Waals surface area contributed by atoms with Crippen LogP contribution in [0.5, 0.6) is 5.75 Å². The van der Waals surface area contributed by atoms with Crippen molar-refractivity contribution in [2.45, 2.75) is 26.4 Å². The van der Waals surface area contributed by atoms with Gasteiger partial charge in [0.05, 0.1) is 10.2 Å². The van der Waals surface area contributed by atoms with Crippen LogP contribution < -0.4 is 4.90 Å². The molecule has 0 saturated carbocycles. The van der Waals surface area contributed by atoms with Gasteiger partial charge in [-0.2, -0.15) is 0 Å². The highest BCUT2D eigenvalue weighted by molar-refractivity contribution is 7.22. The molecule has 4 nitrogen and oxygen atoms in total. The van der Waals surface area contributed by atoms with Gasteiger partial charge in [-0.25, -0.2) is 4.98 Å². The number of piperazine rings is 1. The Kier molecular flexibility index (Phi) is 4.78. The normalized spacial score (nSPS) is 18.6. The van der Waals surface area contributed by atoms with Crippen molar-refractivity contribution in [1.82, 2.24) is 9.88 Å². The highest BCUT2D eigenvalue weighted by atomic mass is 35.5. The molecule has 0 amide bonds. The fourth-order valence-corrected chi connectivity index (χ4v) is 5.03. The molecule has 1 saturated heterocycles. The zero-order chi connectivity index (χ0) is 18.3. The van der Waals surface area contributed by atoms with Gasteiger partial charge in [-0.05, 0) is 55.3 Å². The lowest BCUT2D eigenvalue weighted by Crippen LogP contribution is -2.51. The number of phenols is 1. The Labute approximate surface area is 162 Å². The van der Waals surface area contributed by atoms with Gasteiger partial charge in [0, 0.05) is 37.2 Å². The van der Waals surface area contributed by atoms with Gasteiger partial charge in [0.1, 0.15) is 5.75 Å². The first-order chi connectivity index (χ1) is 12.5. The fourth-order valence-electron chi connectivity index (χ4n) is 3.66. The van der Waals surface area contributed by atoms with Crippen molar-refractivity contribution < 1.29 is 5.11 Å². The molecule has 1 aliphatic heterocycles. The van der Waals surface area contributed by atoms with Gasteiger partial charge in [0.25, 0.3) is 0 Å². The standard InChI is InChI=1S/C20H22ClN3OS/c1-13-7-15(9-17(25)8-13)12-23-5-6-24(14(2)11-23)20-22-18-4-3-16(21)10-19(18)26-20/h3-4,7-10,14,25H,5-6,11-12H2,1-2H3. The molecule has 0 spiro atoms. The van der Waals surface area contributed by atoms with Crippen LogP contribution in [0.2, 0.25) is 5.02 Å². The van der Waals surface area contributed by atoms with E-state index in [0.29, 0.717) is 11.8 Å². The molecule has 3 aromatic rings. The first-order valence-electron chi connectivity index (χ1n) is 8.82. The number of rotatable bonds is 3. The zero-order valence-electron chi connectivity index (χ0n) is 14.9. The maximum Gasteiger partial charge on any atom is 0.186 e. The van der Waals surface area contributed by atoms with E-state index in [9.17, 15) is 5.11 Å². The summed E-state index contributed by atoms with van der Waals surface area (Å²) in [5, 5.41) is 11.6. The first-order valence-corrected chi connectivity index (χ1v) is 10.0. The highest BCUT2D eigenvalue weighted by Gasteiger charge is 2.26. The number of aromatic nitrogens is 1. The molecule has 1 fully saturated rings. The number of aryl methyl sites for hydroxylation is 1. The third-order valence-corrected chi connectivity index (χ3v) is 6.11. The Hall–Kier alpha value is -1.82. The predicted octanol–water partition coefficient (Wildman–Crippen LogP) is 4.67. The van der Waals surface area contributed by atoms with E-state index in [1.807, 2.05) is 31.2 Å². The molecular weight excluding hydrogens is 366 g/mol. The minimum absolute atomic E-state index is 0.347. The summed E-state index contributed by atoms with van der Waals surface area (Å²) in [4.78, 5) is 9.63. The lowest BCUT2D eigenvalue weighted by molar-refractivity contribution is 0.220. The topological polar surface area (TPSA) is 39.6 Å². The summed E-state index contributed by atoms with van der Waals surface area (Å²) >= 11 is 7.81. The molecule has 4 rings (SSSR count). The van der Waals surface area contributed by atoms with Crippen molar-refractivity contribution >= 4 is 38.3 Å². The molecule has 0 bridgehead atoms. The third-order valence-electron chi connectivity index (χ3n) is 4.82. The summed E-state index contributed by atoms with van der Waals surface area (Å²) in [6.45, 7) is 8.04. The van der Waals surface area contributed by atoms with Crippen molar-refractivity contribution in [2.75, 3.05) is 24.5 Å². The summed E-state index contributed by atoms with van der Waals surface area (Å²) in [6.07, 6.45) is 0. The molecule has 1 N–H and O–H groups in total. The molecular formula is C20H22ClN3OS. The number of hydrogen-bond donors (Lipinski definition) is 1. The van der Waals surface area contributed by atoms with E-state index in [1.54, 1.807) is 17.4 Å². The molecule has 2 aromatic carbocycles. The minimum atomic E-state index is 0.347. The summed E-state index contributed by atoms with van der Waals surface area (Å²) in [6, 6.07) is 12.1. The van der Waals surface area contributed by atoms with Crippen LogP contribution in [-0.4, -0.2) is 40.7 Å². The highest BCUT2D eigenvalue weighted by Crippen LogP contribution is 2.32. The second-order valence-electron chi connectivity index (χ2n) is 7.06. The van der Waals surface area contributed by atoms with E-state index in [0.717, 1.165) is 57.7 Å². The maximum absolute atomic E-state index is 9.81. The molecule has 26 heavy (non-hydrogen) atoms. The first kappa shape index (κ1) is 17.6. The number of hydrogen-bond acceptors (Lipinski definition) is 5. The van der Waals surface area contributed by atoms with Crippen LogP contribution in [0.3, 0.4) is 0 Å². The molecule has 2 heterocycles. The van der Waals surface area contributed by atoms with Gasteiger partial charge >= 0.3 is 0 Å². The van der Waals surface area contributed by atoms with Crippen molar-refractivity contribution in [1.29, 1.82) is 0 Å². The second-order valence-corrected chi connectivity index (χ2v) is 8.51. The molecule has 0 aliphatic carbocycles. The Balaban J connectivity index is 1.47. The Bertz CT molecular complexity index is 922. The summed E-state index contributed by atoms with van der Waals surface area (Å²) < 4.78 is 1.14.